The first-order valence-electron chi connectivity index (χ1n) is 9.21. The van der Waals surface area contributed by atoms with Gasteiger partial charge in [0, 0.05) is 12.0 Å². The smallest absolute Gasteiger partial charge is 0.416 e. The number of aliphatic carboxylic acids is 1. The normalized spacial score (nSPS) is 11.5. The van der Waals surface area contributed by atoms with Crippen molar-refractivity contribution in [1.29, 1.82) is 0 Å². The van der Waals surface area contributed by atoms with Crippen molar-refractivity contribution in [3.05, 3.63) is 69.7 Å². The molecule has 8 heteroatoms. The van der Waals surface area contributed by atoms with Gasteiger partial charge in [-0.3, -0.25) is 4.79 Å². The van der Waals surface area contributed by atoms with Crippen LogP contribution in [0.1, 0.15) is 33.7 Å². The third-order valence-electron chi connectivity index (χ3n) is 4.65. The van der Waals surface area contributed by atoms with Crippen molar-refractivity contribution in [3.8, 4) is 16.3 Å². The summed E-state index contributed by atoms with van der Waals surface area (Å²) in [4.78, 5) is 16.1. The topological polar surface area (TPSA) is 59.4 Å². The number of carboxylic acids is 1. The van der Waals surface area contributed by atoms with Crippen LogP contribution in [-0.2, 0) is 24.0 Å². The Morgan fingerprint density at radius 1 is 1.13 bits per heavy atom. The molecule has 3 rings (SSSR count). The first-order valence-corrected chi connectivity index (χ1v) is 10.0. The molecule has 0 saturated heterocycles. The van der Waals surface area contributed by atoms with Crippen molar-refractivity contribution in [2.24, 2.45) is 0 Å². The molecule has 0 saturated carbocycles. The van der Waals surface area contributed by atoms with E-state index in [0.29, 0.717) is 22.7 Å². The Kier molecular flexibility index (Phi) is 6.45. The van der Waals surface area contributed by atoms with E-state index in [9.17, 15) is 18.0 Å². The molecule has 30 heavy (non-hydrogen) atoms. The molecule has 0 atom stereocenters. The molecule has 0 aliphatic rings. The van der Waals surface area contributed by atoms with E-state index >= 15 is 0 Å². The Bertz CT molecular complexity index is 1040. The number of benzene rings is 2. The average Bonchev–Trinajstić information content (AvgIpc) is 3.06. The molecule has 1 aromatic heterocycles. The molecule has 158 valence electrons. The van der Waals surface area contributed by atoms with Crippen LogP contribution in [0.2, 0.25) is 0 Å². The standard InChI is InChI=1S/C22H20F3NO3S/c1-13-3-9-18(11-16(13)6-10-20(27)28)29-12-19-14(2)26-21(30-19)15-4-7-17(8-5-15)22(23,24)25/h3-5,7-9,11H,6,10,12H2,1-2H3,(H,27,28). The van der Waals surface area contributed by atoms with Crippen LogP contribution in [0.15, 0.2) is 42.5 Å². The van der Waals surface area contributed by atoms with Crippen LogP contribution in [0.5, 0.6) is 5.75 Å². The molecule has 0 radical (unpaired) electrons. The van der Waals surface area contributed by atoms with Crippen molar-refractivity contribution in [1.82, 2.24) is 4.98 Å². The Hall–Kier alpha value is -2.87. The number of aromatic nitrogens is 1. The predicted octanol–water partition coefficient (Wildman–Crippen LogP) is 6.04. The van der Waals surface area contributed by atoms with E-state index in [0.717, 1.165) is 33.8 Å². The van der Waals surface area contributed by atoms with Crippen molar-refractivity contribution in [3.63, 3.8) is 0 Å². The van der Waals surface area contributed by atoms with Crippen molar-refractivity contribution in [2.45, 2.75) is 39.5 Å². The summed E-state index contributed by atoms with van der Waals surface area (Å²) in [6, 6.07) is 10.5. The van der Waals surface area contributed by atoms with Crippen LogP contribution in [0, 0.1) is 13.8 Å². The number of thiazole rings is 1. The van der Waals surface area contributed by atoms with Gasteiger partial charge >= 0.3 is 12.1 Å². The van der Waals surface area contributed by atoms with E-state index in [4.69, 9.17) is 9.84 Å². The highest BCUT2D eigenvalue weighted by molar-refractivity contribution is 7.15. The maximum absolute atomic E-state index is 12.7. The Morgan fingerprint density at radius 3 is 2.47 bits per heavy atom. The summed E-state index contributed by atoms with van der Waals surface area (Å²) >= 11 is 1.37. The predicted molar refractivity (Wildman–Crippen MR) is 109 cm³/mol. The number of carboxylic acid groups (broad SMARTS) is 1. The second-order valence-corrected chi connectivity index (χ2v) is 7.96. The summed E-state index contributed by atoms with van der Waals surface area (Å²) in [7, 11) is 0. The van der Waals surface area contributed by atoms with Crippen LogP contribution in [0.4, 0.5) is 13.2 Å². The zero-order chi connectivity index (χ0) is 21.9. The van der Waals surface area contributed by atoms with Gasteiger partial charge in [0.2, 0.25) is 0 Å². The molecule has 0 aliphatic heterocycles. The number of halogens is 3. The maximum atomic E-state index is 12.7. The summed E-state index contributed by atoms with van der Waals surface area (Å²) in [6.45, 7) is 4.02. The van der Waals surface area contributed by atoms with Crippen LogP contribution in [0.3, 0.4) is 0 Å². The summed E-state index contributed by atoms with van der Waals surface area (Å²) in [5.41, 5.74) is 2.60. The minimum absolute atomic E-state index is 0.0503. The molecule has 3 aromatic rings. The molecule has 2 aromatic carbocycles. The van der Waals surface area contributed by atoms with Gasteiger partial charge in [-0.25, -0.2) is 4.98 Å². The van der Waals surface area contributed by atoms with Gasteiger partial charge in [-0.1, -0.05) is 18.2 Å². The first kappa shape index (κ1) is 21.8. The number of aryl methyl sites for hydroxylation is 3. The summed E-state index contributed by atoms with van der Waals surface area (Å²) in [5.74, 6) is -0.221. The van der Waals surface area contributed by atoms with Crippen LogP contribution in [0.25, 0.3) is 10.6 Å². The highest BCUT2D eigenvalue weighted by atomic mass is 32.1. The Balaban J connectivity index is 1.71. The number of hydrogen-bond donors (Lipinski definition) is 1. The number of carbonyl (C=O) groups is 1. The lowest BCUT2D eigenvalue weighted by Crippen LogP contribution is -2.03. The minimum Gasteiger partial charge on any atom is -0.488 e. The number of hydrogen-bond acceptors (Lipinski definition) is 4. The SMILES string of the molecule is Cc1ccc(OCc2sc(-c3ccc(C(F)(F)F)cc3)nc2C)cc1CCC(=O)O. The van der Waals surface area contributed by atoms with Crippen LogP contribution in [-0.4, -0.2) is 16.1 Å². The van der Waals surface area contributed by atoms with Crippen LogP contribution >= 0.6 is 11.3 Å². The van der Waals surface area contributed by atoms with Gasteiger partial charge in [-0.2, -0.15) is 13.2 Å². The van der Waals surface area contributed by atoms with Gasteiger partial charge in [0.25, 0.3) is 0 Å². The molecule has 1 heterocycles. The molecule has 4 nitrogen and oxygen atoms in total. The molecule has 0 unspecified atom stereocenters. The first-order chi connectivity index (χ1) is 14.1. The van der Waals surface area contributed by atoms with Gasteiger partial charge in [0.15, 0.2) is 0 Å². The van der Waals surface area contributed by atoms with Gasteiger partial charge in [-0.05, 0) is 55.7 Å². The third kappa shape index (κ3) is 5.38. The molecule has 0 amide bonds. The van der Waals surface area contributed by atoms with E-state index in [1.807, 2.05) is 32.0 Å². The lowest BCUT2D eigenvalue weighted by molar-refractivity contribution is -0.138. The molecule has 0 fully saturated rings. The molecule has 1 N–H and O–H groups in total. The molecular formula is C22H20F3NO3S. The number of nitrogens with zero attached hydrogens (tertiary/aromatic N) is 1. The average molecular weight is 435 g/mol. The van der Waals surface area contributed by atoms with E-state index < -0.39 is 17.7 Å². The van der Waals surface area contributed by atoms with E-state index in [-0.39, 0.29) is 13.0 Å². The van der Waals surface area contributed by atoms with E-state index in [1.165, 1.54) is 23.5 Å². The van der Waals surface area contributed by atoms with E-state index in [1.54, 1.807) is 0 Å². The lowest BCUT2D eigenvalue weighted by atomic mass is 10.0. The Morgan fingerprint density at radius 2 is 1.83 bits per heavy atom. The van der Waals surface area contributed by atoms with Gasteiger partial charge < -0.3 is 9.84 Å². The number of rotatable bonds is 7. The van der Waals surface area contributed by atoms with Crippen molar-refractivity contribution >= 4 is 17.3 Å². The highest BCUT2D eigenvalue weighted by Gasteiger charge is 2.30. The molecule has 0 bridgehead atoms. The number of alkyl halides is 3. The quantitative estimate of drug-likeness (QED) is 0.491. The highest BCUT2D eigenvalue weighted by Crippen LogP contribution is 2.33. The number of ether oxygens (including phenoxy) is 1. The van der Waals surface area contributed by atoms with E-state index in [2.05, 4.69) is 4.98 Å². The van der Waals surface area contributed by atoms with Crippen molar-refractivity contribution in [2.75, 3.05) is 0 Å². The van der Waals surface area contributed by atoms with Crippen LogP contribution < -0.4 is 4.74 Å². The largest absolute Gasteiger partial charge is 0.488 e. The minimum atomic E-state index is -4.37. The second kappa shape index (κ2) is 8.87. The summed E-state index contributed by atoms with van der Waals surface area (Å²) in [6.07, 6.45) is -3.89. The van der Waals surface area contributed by atoms with Gasteiger partial charge in [0.1, 0.15) is 17.4 Å². The summed E-state index contributed by atoms with van der Waals surface area (Å²) in [5, 5.41) is 9.51. The van der Waals surface area contributed by atoms with Gasteiger partial charge in [-0.15, -0.1) is 11.3 Å². The second-order valence-electron chi connectivity index (χ2n) is 6.87. The fourth-order valence-corrected chi connectivity index (χ4v) is 3.87. The molecule has 0 aliphatic carbocycles. The lowest BCUT2D eigenvalue weighted by Gasteiger charge is -2.09. The Labute approximate surface area is 176 Å². The van der Waals surface area contributed by atoms with Gasteiger partial charge in [0.05, 0.1) is 16.1 Å². The molecule has 0 spiro atoms. The monoisotopic (exact) mass is 435 g/mol. The summed E-state index contributed by atoms with van der Waals surface area (Å²) < 4.78 is 44.1. The molecular weight excluding hydrogens is 415 g/mol. The third-order valence-corrected chi connectivity index (χ3v) is 5.83. The van der Waals surface area contributed by atoms with Crippen molar-refractivity contribution < 1.29 is 27.8 Å². The zero-order valence-corrected chi connectivity index (χ0v) is 17.2. The zero-order valence-electron chi connectivity index (χ0n) is 16.4. The fourth-order valence-electron chi connectivity index (χ4n) is 2.88. The maximum Gasteiger partial charge on any atom is 0.416 e. The fraction of sp³-hybridized carbons (Fsp3) is 0.273.